The van der Waals surface area contributed by atoms with Gasteiger partial charge in [-0.05, 0) is 81.6 Å². The average Bonchev–Trinajstić information content (AvgIpc) is 2.92. The van der Waals surface area contributed by atoms with Crippen LogP contribution in [-0.2, 0) is 20.9 Å². The monoisotopic (exact) mass is 646 g/mol. The Hall–Kier alpha value is -4.00. The fourth-order valence-electron chi connectivity index (χ4n) is 3.32. The second-order valence-electron chi connectivity index (χ2n) is 8.66. The van der Waals surface area contributed by atoms with Crippen LogP contribution in [0.3, 0.4) is 0 Å². The summed E-state index contributed by atoms with van der Waals surface area (Å²) in [6.07, 6.45) is 1.35. The second kappa shape index (κ2) is 14.2. The fraction of sp³-hybridized carbons (Fsp3) is 0.214. The van der Waals surface area contributed by atoms with Crippen LogP contribution < -0.4 is 25.5 Å². The van der Waals surface area contributed by atoms with Gasteiger partial charge in [0.2, 0.25) is 0 Å². The van der Waals surface area contributed by atoms with Crippen molar-refractivity contribution < 1.29 is 28.2 Å². The molecule has 3 amide bonds. The van der Waals surface area contributed by atoms with E-state index >= 15 is 0 Å². The summed E-state index contributed by atoms with van der Waals surface area (Å²) in [6.45, 7) is 4.11. The van der Waals surface area contributed by atoms with E-state index in [1.165, 1.54) is 43.2 Å². The standard InChI is InChI=1S/C28H28FIN4O5/c1-17(2)20-6-4-18(5-7-20)14-31-27(36)28(37)34-32-15-19-12-23(30)26(24(13-19)38-3)39-16-25(35)33-22-10-8-21(29)9-11-22/h4-13,15,17H,14,16H2,1-3H3,(H,31,36)(H,33,35)(H,34,37)/b32-15-. The molecule has 0 fully saturated rings. The predicted molar refractivity (Wildman–Crippen MR) is 154 cm³/mol. The summed E-state index contributed by atoms with van der Waals surface area (Å²) in [5.41, 5.74) is 5.26. The third-order valence-electron chi connectivity index (χ3n) is 5.41. The Bertz CT molecular complexity index is 1350. The van der Waals surface area contributed by atoms with Gasteiger partial charge in [-0.3, -0.25) is 14.4 Å². The van der Waals surface area contributed by atoms with Gasteiger partial charge in [0.05, 0.1) is 16.9 Å². The Kier molecular flexibility index (Phi) is 10.8. The van der Waals surface area contributed by atoms with E-state index in [9.17, 15) is 18.8 Å². The largest absolute Gasteiger partial charge is 0.493 e. The number of hydrazone groups is 1. The number of amides is 3. The van der Waals surface area contributed by atoms with Crippen molar-refractivity contribution in [1.82, 2.24) is 10.7 Å². The summed E-state index contributed by atoms with van der Waals surface area (Å²) in [5.74, 6) is -1.46. The quantitative estimate of drug-likeness (QED) is 0.131. The van der Waals surface area contributed by atoms with Crippen LogP contribution in [0.25, 0.3) is 0 Å². The molecule has 11 heteroatoms. The van der Waals surface area contributed by atoms with Crippen molar-refractivity contribution in [3.05, 3.63) is 86.7 Å². The summed E-state index contributed by atoms with van der Waals surface area (Å²) in [4.78, 5) is 36.4. The highest BCUT2D eigenvalue weighted by Crippen LogP contribution is 2.33. The van der Waals surface area contributed by atoms with E-state index in [2.05, 4.69) is 35.0 Å². The predicted octanol–water partition coefficient (Wildman–Crippen LogP) is 4.35. The minimum atomic E-state index is -0.904. The molecule has 3 N–H and O–H groups in total. The first-order valence-electron chi connectivity index (χ1n) is 11.9. The number of ether oxygens (including phenoxy) is 2. The number of methoxy groups -OCH3 is 1. The van der Waals surface area contributed by atoms with Gasteiger partial charge in [0.15, 0.2) is 18.1 Å². The van der Waals surface area contributed by atoms with Gasteiger partial charge in [-0.15, -0.1) is 0 Å². The van der Waals surface area contributed by atoms with Crippen molar-refractivity contribution in [3.63, 3.8) is 0 Å². The molecule has 3 rings (SSSR count). The van der Waals surface area contributed by atoms with Crippen molar-refractivity contribution >= 4 is 52.2 Å². The molecule has 0 aliphatic carbocycles. The van der Waals surface area contributed by atoms with Crippen LogP contribution in [0.1, 0.15) is 36.5 Å². The van der Waals surface area contributed by atoms with E-state index in [4.69, 9.17) is 9.47 Å². The molecule has 0 aliphatic heterocycles. The molecule has 0 heterocycles. The molecule has 0 aliphatic rings. The first kappa shape index (κ1) is 29.6. The molecule has 0 saturated heterocycles. The SMILES string of the molecule is COc1cc(/C=N\NC(=O)C(=O)NCc2ccc(C(C)C)cc2)cc(I)c1OCC(=O)Nc1ccc(F)cc1. The molecular formula is C28H28FIN4O5. The molecule has 0 aromatic heterocycles. The Morgan fingerprint density at radius 2 is 1.72 bits per heavy atom. The van der Waals surface area contributed by atoms with Crippen LogP contribution in [0.5, 0.6) is 11.5 Å². The van der Waals surface area contributed by atoms with E-state index in [0.29, 0.717) is 32.2 Å². The van der Waals surface area contributed by atoms with E-state index in [1.807, 2.05) is 46.9 Å². The molecule has 0 atom stereocenters. The van der Waals surface area contributed by atoms with Crippen molar-refractivity contribution in [2.24, 2.45) is 5.10 Å². The summed E-state index contributed by atoms with van der Waals surface area (Å²) >= 11 is 2.02. The molecule has 204 valence electrons. The third-order valence-corrected chi connectivity index (χ3v) is 6.21. The van der Waals surface area contributed by atoms with Gasteiger partial charge < -0.3 is 20.1 Å². The minimum Gasteiger partial charge on any atom is -0.493 e. The first-order chi connectivity index (χ1) is 18.7. The zero-order valence-corrected chi connectivity index (χ0v) is 23.7. The highest BCUT2D eigenvalue weighted by molar-refractivity contribution is 14.1. The number of nitrogens with zero attached hydrogens (tertiary/aromatic N) is 1. The molecule has 0 unspecified atom stereocenters. The molecule has 3 aromatic carbocycles. The van der Waals surface area contributed by atoms with Crippen molar-refractivity contribution in [3.8, 4) is 11.5 Å². The Labute approximate surface area is 239 Å². The lowest BCUT2D eigenvalue weighted by Gasteiger charge is -2.13. The number of hydrogen-bond donors (Lipinski definition) is 3. The van der Waals surface area contributed by atoms with E-state index in [-0.39, 0.29) is 13.2 Å². The Morgan fingerprint density at radius 1 is 1.03 bits per heavy atom. The molecule has 3 aromatic rings. The normalized spacial score (nSPS) is 10.8. The van der Waals surface area contributed by atoms with Crippen LogP contribution in [0.4, 0.5) is 10.1 Å². The number of halogens is 2. The minimum absolute atomic E-state index is 0.215. The van der Waals surface area contributed by atoms with Gasteiger partial charge >= 0.3 is 11.8 Å². The zero-order chi connectivity index (χ0) is 28.4. The molecule has 0 saturated carbocycles. The van der Waals surface area contributed by atoms with Crippen molar-refractivity contribution in [2.75, 3.05) is 19.0 Å². The van der Waals surface area contributed by atoms with Gasteiger partial charge in [0.1, 0.15) is 5.82 Å². The van der Waals surface area contributed by atoms with Gasteiger partial charge in [0, 0.05) is 12.2 Å². The van der Waals surface area contributed by atoms with Crippen molar-refractivity contribution in [1.29, 1.82) is 0 Å². The lowest BCUT2D eigenvalue weighted by atomic mass is 10.0. The van der Waals surface area contributed by atoms with E-state index < -0.39 is 23.5 Å². The fourth-order valence-corrected chi connectivity index (χ4v) is 4.10. The Balaban J connectivity index is 1.52. The number of hydrogen-bond acceptors (Lipinski definition) is 6. The number of benzene rings is 3. The molecule has 0 radical (unpaired) electrons. The number of rotatable bonds is 10. The van der Waals surface area contributed by atoms with Gasteiger partial charge in [0.25, 0.3) is 5.91 Å². The maximum absolute atomic E-state index is 13.0. The molecular weight excluding hydrogens is 618 g/mol. The molecule has 0 spiro atoms. The zero-order valence-electron chi connectivity index (χ0n) is 21.6. The summed E-state index contributed by atoms with van der Waals surface area (Å²) < 4.78 is 24.7. The summed E-state index contributed by atoms with van der Waals surface area (Å²) in [6, 6.07) is 16.5. The lowest BCUT2D eigenvalue weighted by molar-refractivity contribution is -0.139. The molecule has 0 bridgehead atoms. The smallest absolute Gasteiger partial charge is 0.329 e. The number of carbonyl (C=O) groups excluding carboxylic acids is 3. The highest BCUT2D eigenvalue weighted by atomic mass is 127. The summed E-state index contributed by atoms with van der Waals surface area (Å²) in [7, 11) is 1.44. The third kappa shape index (κ3) is 9.06. The number of nitrogens with one attached hydrogen (secondary N) is 3. The number of anilines is 1. The van der Waals surface area contributed by atoms with Crippen LogP contribution in [0.2, 0.25) is 0 Å². The average molecular weight is 646 g/mol. The summed E-state index contributed by atoms with van der Waals surface area (Å²) in [5, 5.41) is 9.02. The van der Waals surface area contributed by atoms with Crippen LogP contribution in [0, 0.1) is 9.39 Å². The van der Waals surface area contributed by atoms with Gasteiger partial charge in [-0.25, -0.2) is 9.82 Å². The second-order valence-corrected chi connectivity index (χ2v) is 9.82. The van der Waals surface area contributed by atoms with Crippen LogP contribution in [0.15, 0.2) is 65.8 Å². The van der Waals surface area contributed by atoms with E-state index in [0.717, 1.165) is 5.56 Å². The van der Waals surface area contributed by atoms with Crippen molar-refractivity contribution in [2.45, 2.75) is 26.3 Å². The van der Waals surface area contributed by atoms with E-state index in [1.54, 1.807) is 12.1 Å². The van der Waals surface area contributed by atoms with Crippen LogP contribution in [-0.4, -0.2) is 37.7 Å². The van der Waals surface area contributed by atoms with Gasteiger partial charge in [-0.2, -0.15) is 5.10 Å². The Morgan fingerprint density at radius 3 is 2.36 bits per heavy atom. The molecule has 39 heavy (non-hydrogen) atoms. The maximum atomic E-state index is 13.0. The number of carbonyl (C=O) groups is 3. The molecule has 9 nitrogen and oxygen atoms in total. The first-order valence-corrected chi connectivity index (χ1v) is 13.0. The topological polar surface area (TPSA) is 118 Å². The van der Waals surface area contributed by atoms with Crippen LogP contribution >= 0.6 is 22.6 Å². The highest BCUT2D eigenvalue weighted by Gasteiger charge is 2.15. The van der Waals surface area contributed by atoms with Gasteiger partial charge in [-0.1, -0.05) is 38.1 Å². The maximum Gasteiger partial charge on any atom is 0.329 e. The lowest BCUT2D eigenvalue weighted by Crippen LogP contribution is -2.37.